The van der Waals surface area contributed by atoms with E-state index in [2.05, 4.69) is 11.1 Å². The smallest absolute Gasteiger partial charge is 0.0683 e. The molecule has 0 aliphatic heterocycles. The van der Waals surface area contributed by atoms with E-state index in [1.165, 1.54) is 0 Å². The van der Waals surface area contributed by atoms with Gasteiger partial charge in [-0.2, -0.15) is 5.26 Å². The topological polar surface area (TPSA) is 62.7 Å². The second kappa shape index (κ2) is 6.51. The Morgan fingerprint density at radius 3 is 2.88 bits per heavy atom. The summed E-state index contributed by atoms with van der Waals surface area (Å²) in [4.78, 5) is 5.06. The lowest BCUT2D eigenvalue weighted by Gasteiger charge is -2.14. The van der Waals surface area contributed by atoms with Gasteiger partial charge in [0.2, 0.25) is 0 Å². The molecule has 0 aromatic carbocycles. The highest BCUT2D eigenvalue weighted by Gasteiger charge is 2.15. The first-order valence-corrected chi connectivity index (χ1v) is 6.77. The Morgan fingerprint density at radius 2 is 2.24 bits per heavy atom. The molecule has 0 saturated carbocycles. The molecule has 0 aliphatic rings. The summed E-state index contributed by atoms with van der Waals surface area (Å²) < 4.78 is 0. The summed E-state index contributed by atoms with van der Waals surface area (Å²) in [7, 11) is 0. The summed E-state index contributed by atoms with van der Waals surface area (Å²) in [5.74, 6) is 1.04. The second-order valence-corrected chi connectivity index (χ2v) is 5.85. The van der Waals surface area contributed by atoms with Gasteiger partial charge in [-0.1, -0.05) is 6.42 Å². The van der Waals surface area contributed by atoms with Gasteiger partial charge in [-0.25, -0.2) is 0 Å². The summed E-state index contributed by atoms with van der Waals surface area (Å²) >= 11 is 1.76. The van der Waals surface area contributed by atoms with E-state index in [4.69, 9.17) is 11.0 Å². The molecule has 2 N–H and O–H groups in total. The number of anilines is 1. The van der Waals surface area contributed by atoms with Gasteiger partial charge in [-0.15, -0.1) is 11.8 Å². The normalized spacial score (nSPS) is 11.1. The monoisotopic (exact) mass is 249 g/mol. The molecule has 0 atom stereocenters. The summed E-state index contributed by atoms with van der Waals surface area (Å²) in [6.45, 7) is 3.97. The molecule has 0 fully saturated rings. The second-order valence-electron chi connectivity index (χ2n) is 4.71. The van der Waals surface area contributed by atoms with Crippen LogP contribution in [0.4, 0.5) is 5.69 Å². The molecule has 1 aromatic heterocycles. The number of hydrogen-bond donors (Lipinski definition) is 1. The van der Waals surface area contributed by atoms with E-state index in [1.54, 1.807) is 24.2 Å². The molecule has 0 aliphatic carbocycles. The van der Waals surface area contributed by atoms with Gasteiger partial charge in [0, 0.05) is 11.1 Å². The number of nitriles is 1. The van der Waals surface area contributed by atoms with Crippen LogP contribution >= 0.6 is 11.8 Å². The third-order valence-corrected chi connectivity index (χ3v) is 3.74. The molecule has 1 rings (SSSR count). The van der Waals surface area contributed by atoms with Crippen LogP contribution in [0.3, 0.4) is 0 Å². The number of unbranched alkanes of at least 4 members (excludes halogenated alkanes) is 1. The van der Waals surface area contributed by atoms with Gasteiger partial charge in [-0.3, -0.25) is 4.98 Å². The molecule has 3 nitrogen and oxygen atoms in total. The van der Waals surface area contributed by atoms with Crippen molar-refractivity contribution in [2.45, 2.75) is 38.0 Å². The molecular weight excluding hydrogens is 230 g/mol. The molecule has 4 heteroatoms. The van der Waals surface area contributed by atoms with E-state index < -0.39 is 0 Å². The van der Waals surface area contributed by atoms with Crippen molar-refractivity contribution in [2.24, 2.45) is 5.41 Å². The maximum Gasteiger partial charge on any atom is 0.0683 e. The summed E-state index contributed by atoms with van der Waals surface area (Å²) in [5, 5.41) is 8.89. The van der Waals surface area contributed by atoms with Crippen LogP contribution in [0.25, 0.3) is 0 Å². The van der Waals surface area contributed by atoms with Gasteiger partial charge in [0.05, 0.1) is 23.4 Å². The molecule has 0 radical (unpaired) electrons. The number of hydrogen-bond acceptors (Lipinski definition) is 4. The maximum absolute atomic E-state index is 8.89. The summed E-state index contributed by atoms with van der Waals surface area (Å²) in [5.41, 5.74) is 6.35. The highest BCUT2D eigenvalue weighted by Crippen LogP contribution is 2.26. The molecule has 0 bridgehead atoms. The molecule has 0 amide bonds. The molecule has 92 valence electrons. The van der Waals surface area contributed by atoms with Crippen molar-refractivity contribution in [3.63, 3.8) is 0 Å². The summed E-state index contributed by atoms with van der Waals surface area (Å²) in [6, 6.07) is 4.27. The van der Waals surface area contributed by atoms with Gasteiger partial charge >= 0.3 is 0 Å². The van der Waals surface area contributed by atoms with Crippen LogP contribution in [0, 0.1) is 16.7 Å². The predicted molar refractivity (Wildman–Crippen MR) is 72.6 cm³/mol. The number of rotatable bonds is 6. The maximum atomic E-state index is 8.89. The first-order chi connectivity index (χ1) is 8.05. The Bertz CT molecular complexity index is 396. The number of nitrogens with two attached hydrogens (primary N) is 1. The zero-order chi connectivity index (χ0) is 12.7. The van der Waals surface area contributed by atoms with Crippen LogP contribution in [0.2, 0.25) is 0 Å². The van der Waals surface area contributed by atoms with Crippen LogP contribution in [-0.4, -0.2) is 10.7 Å². The summed E-state index contributed by atoms with van der Waals surface area (Å²) in [6.07, 6.45) is 6.59. The van der Waals surface area contributed by atoms with Gasteiger partial charge < -0.3 is 5.73 Å². The van der Waals surface area contributed by atoms with Gasteiger partial charge in [0.1, 0.15) is 0 Å². The molecule has 17 heavy (non-hydrogen) atoms. The van der Waals surface area contributed by atoms with Crippen molar-refractivity contribution in [3.8, 4) is 6.07 Å². The Hall–Kier alpha value is -1.21. The van der Waals surface area contributed by atoms with Crippen LogP contribution < -0.4 is 5.73 Å². The first-order valence-electron chi connectivity index (χ1n) is 5.79. The third kappa shape index (κ3) is 5.10. The van der Waals surface area contributed by atoms with E-state index in [9.17, 15) is 0 Å². The zero-order valence-corrected chi connectivity index (χ0v) is 11.3. The SMILES string of the molecule is CC(C)(C#N)CCCCSc1ccncc1N. The molecule has 1 aromatic rings. The fourth-order valence-corrected chi connectivity index (χ4v) is 2.38. The minimum atomic E-state index is -0.194. The van der Waals surface area contributed by atoms with Crippen molar-refractivity contribution in [3.05, 3.63) is 18.5 Å². The Kier molecular flexibility index (Phi) is 5.30. The third-order valence-electron chi connectivity index (χ3n) is 2.57. The molecule has 0 unspecified atom stereocenters. The van der Waals surface area contributed by atoms with E-state index in [1.807, 2.05) is 19.9 Å². The zero-order valence-electron chi connectivity index (χ0n) is 10.4. The molecule has 0 spiro atoms. The van der Waals surface area contributed by atoms with Crippen LogP contribution in [0.5, 0.6) is 0 Å². The standard InChI is InChI=1S/C13H19N3S/c1-13(2,10-14)6-3-4-8-17-12-5-7-16-9-11(12)15/h5,7,9H,3-4,6,8,15H2,1-2H3. The van der Waals surface area contributed by atoms with Crippen LogP contribution in [0.15, 0.2) is 23.4 Å². The largest absolute Gasteiger partial charge is 0.397 e. The van der Waals surface area contributed by atoms with E-state index >= 15 is 0 Å². The first kappa shape index (κ1) is 13.9. The minimum Gasteiger partial charge on any atom is -0.397 e. The minimum absolute atomic E-state index is 0.194. The van der Waals surface area contributed by atoms with Crippen molar-refractivity contribution >= 4 is 17.4 Å². The van der Waals surface area contributed by atoms with Crippen LogP contribution in [-0.2, 0) is 0 Å². The lowest BCUT2D eigenvalue weighted by Crippen LogP contribution is -2.07. The highest BCUT2D eigenvalue weighted by atomic mass is 32.2. The van der Waals surface area contributed by atoms with Crippen molar-refractivity contribution in [1.82, 2.24) is 4.98 Å². The molecule has 1 heterocycles. The van der Waals surface area contributed by atoms with Crippen LogP contribution in [0.1, 0.15) is 33.1 Å². The Balaban J connectivity index is 2.22. The highest BCUT2D eigenvalue weighted by molar-refractivity contribution is 7.99. The van der Waals surface area contributed by atoms with E-state index in [0.717, 1.165) is 35.6 Å². The average Bonchev–Trinajstić information content (AvgIpc) is 2.31. The fourth-order valence-electron chi connectivity index (χ4n) is 1.43. The molecule has 0 saturated heterocycles. The fraction of sp³-hybridized carbons (Fsp3) is 0.538. The number of aromatic nitrogens is 1. The Labute approximate surface area is 107 Å². The molecular formula is C13H19N3S. The van der Waals surface area contributed by atoms with Gasteiger partial charge in [0.15, 0.2) is 0 Å². The van der Waals surface area contributed by atoms with Crippen molar-refractivity contribution in [1.29, 1.82) is 5.26 Å². The van der Waals surface area contributed by atoms with Crippen molar-refractivity contribution in [2.75, 3.05) is 11.5 Å². The van der Waals surface area contributed by atoms with Crippen molar-refractivity contribution < 1.29 is 0 Å². The quantitative estimate of drug-likeness (QED) is 0.619. The number of nitrogen functional groups attached to an aromatic ring is 1. The van der Waals surface area contributed by atoms with E-state index in [0.29, 0.717) is 0 Å². The average molecular weight is 249 g/mol. The van der Waals surface area contributed by atoms with Gasteiger partial charge in [0.25, 0.3) is 0 Å². The number of pyridine rings is 1. The number of thioether (sulfide) groups is 1. The van der Waals surface area contributed by atoms with E-state index in [-0.39, 0.29) is 5.41 Å². The lowest BCUT2D eigenvalue weighted by atomic mass is 9.89. The van der Waals surface area contributed by atoms with Gasteiger partial charge in [-0.05, 0) is 38.5 Å². The number of nitrogens with zero attached hydrogens (tertiary/aromatic N) is 2. The Morgan fingerprint density at radius 1 is 1.47 bits per heavy atom. The lowest BCUT2D eigenvalue weighted by molar-refractivity contribution is 0.433. The predicted octanol–water partition coefficient (Wildman–Crippen LogP) is 3.48.